The lowest BCUT2D eigenvalue weighted by molar-refractivity contribution is -0.122. The molecule has 5 heteroatoms. The molecule has 13 heavy (non-hydrogen) atoms. The van der Waals surface area contributed by atoms with Gasteiger partial charge in [0, 0.05) is 29.4 Å². The molecule has 0 saturated heterocycles. The van der Waals surface area contributed by atoms with E-state index in [1.54, 1.807) is 6.26 Å². The summed E-state index contributed by atoms with van der Waals surface area (Å²) in [4.78, 5) is 11.1. The molecule has 0 rings (SSSR count). The van der Waals surface area contributed by atoms with Crippen LogP contribution in [-0.2, 0) is 15.6 Å². The molecule has 1 unspecified atom stereocenters. The molecule has 0 radical (unpaired) electrons. The Morgan fingerprint density at radius 3 is 2.69 bits per heavy atom. The fourth-order valence-corrected chi connectivity index (χ4v) is 1.35. The minimum absolute atomic E-state index is 0.121. The number of amides is 1. The summed E-state index contributed by atoms with van der Waals surface area (Å²) in [6.45, 7) is 2.43. The lowest BCUT2D eigenvalue weighted by atomic mass is 10.2. The predicted molar refractivity (Wildman–Crippen MR) is 54.8 cm³/mol. The van der Waals surface area contributed by atoms with E-state index in [-0.39, 0.29) is 5.91 Å². The Hall–Kier alpha value is -0.420. The molecule has 0 aromatic heterocycles. The van der Waals surface area contributed by atoms with Gasteiger partial charge in [-0.3, -0.25) is 9.00 Å². The van der Waals surface area contributed by atoms with E-state index < -0.39 is 16.8 Å². The number of hydrogen-bond acceptors (Lipinski definition) is 3. The lowest BCUT2D eigenvalue weighted by Gasteiger charge is -2.08. The topological polar surface area (TPSA) is 72.2 Å². The Morgan fingerprint density at radius 2 is 2.23 bits per heavy atom. The molecular weight excluding hydrogens is 188 g/mol. The van der Waals surface area contributed by atoms with Gasteiger partial charge in [-0.05, 0) is 12.8 Å². The van der Waals surface area contributed by atoms with E-state index >= 15 is 0 Å². The molecule has 0 fully saturated rings. The molecule has 0 saturated carbocycles. The fourth-order valence-electron chi connectivity index (χ4n) is 0.804. The summed E-state index contributed by atoms with van der Waals surface area (Å²) < 4.78 is 10.7. The van der Waals surface area contributed by atoms with Crippen molar-refractivity contribution >= 4 is 16.7 Å². The van der Waals surface area contributed by atoms with Gasteiger partial charge in [-0.2, -0.15) is 0 Å². The lowest BCUT2D eigenvalue weighted by Crippen LogP contribution is -2.40. The molecule has 0 aromatic carbocycles. The molecule has 78 valence electrons. The van der Waals surface area contributed by atoms with Gasteiger partial charge < -0.3 is 11.1 Å². The summed E-state index contributed by atoms with van der Waals surface area (Å²) in [6, 6.07) is -0.410. The van der Waals surface area contributed by atoms with Crippen molar-refractivity contribution in [2.45, 2.75) is 25.8 Å². The van der Waals surface area contributed by atoms with Gasteiger partial charge in [0.2, 0.25) is 5.91 Å². The average molecular weight is 206 g/mol. The van der Waals surface area contributed by atoms with E-state index in [1.165, 1.54) is 0 Å². The van der Waals surface area contributed by atoms with Crippen LogP contribution in [0.2, 0.25) is 0 Å². The smallest absolute Gasteiger partial charge is 0.236 e. The quantitative estimate of drug-likeness (QED) is 0.581. The van der Waals surface area contributed by atoms with E-state index in [0.717, 1.165) is 6.42 Å². The first kappa shape index (κ1) is 12.6. The van der Waals surface area contributed by atoms with Gasteiger partial charge >= 0.3 is 0 Å². The van der Waals surface area contributed by atoms with E-state index in [2.05, 4.69) is 5.32 Å². The zero-order valence-electron chi connectivity index (χ0n) is 8.21. The standard InChI is InChI=1S/C8H18N2O2S/c1-3-7(9)8(11)10-5-4-6-13(2)12/h7H,3-6,9H2,1-2H3,(H,10,11)/t7-,13?/m1/s1. The number of nitrogens with one attached hydrogen (secondary N) is 1. The maximum atomic E-state index is 11.1. The van der Waals surface area contributed by atoms with Crippen molar-refractivity contribution < 1.29 is 9.00 Å². The van der Waals surface area contributed by atoms with Crippen LogP contribution < -0.4 is 11.1 Å². The summed E-state index contributed by atoms with van der Waals surface area (Å²) in [6.07, 6.45) is 3.04. The highest BCUT2D eigenvalue weighted by atomic mass is 32.2. The predicted octanol–water partition coefficient (Wildman–Crippen LogP) is -0.391. The van der Waals surface area contributed by atoms with E-state index in [9.17, 15) is 9.00 Å². The zero-order valence-corrected chi connectivity index (χ0v) is 9.02. The van der Waals surface area contributed by atoms with Crippen molar-refractivity contribution in [2.75, 3.05) is 18.6 Å². The molecule has 0 aliphatic heterocycles. The Balaban J connectivity index is 3.42. The van der Waals surface area contributed by atoms with Crippen LogP contribution in [0.5, 0.6) is 0 Å². The Kier molecular flexibility index (Phi) is 6.80. The molecule has 2 atom stereocenters. The van der Waals surface area contributed by atoms with Gasteiger partial charge in [0.05, 0.1) is 6.04 Å². The third-order valence-electron chi connectivity index (χ3n) is 1.68. The van der Waals surface area contributed by atoms with Crippen LogP contribution in [0.1, 0.15) is 19.8 Å². The van der Waals surface area contributed by atoms with Crippen LogP contribution in [0.4, 0.5) is 0 Å². The second kappa shape index (κ2) is 7.03. The van der Waals surface area contributed by atoms with Crippen LogP contribution >= 0.6 is 0 Å². The SMILES string of the molecule is CC[C@@H](N)C(=O)NCCCS(C)=O. The largest absolute Gasteiger partial charge is 0.355 e. The van der Waals surface area contributed by atoms with E-state index in [4.69, 9.17) is 5.73 Å². The molecule has 0 bridgehead atoms. The first-order valence-corrected chi connectivity index (χ1v) is 6.14. The number of hydrogen-bond donors (Lipinski definition) is 2. The monoisotopic (exact) mass is 206 g/mol. The Labute approximate surface area is 81.7 Å². The molecule has 0 heterocycles. The maximum absolute atomic E-state index is 11.1. The van der Waals surface area contributed by atoms with Gasteiger partial charge in [-0.1, -0.05) is 6.92 Å². The molecular formula is C8H18N2O2S. The second-order valence-corrected chi connectivity index (χ2v) is 4.49. The average Bonchev–Trinajstić information content (AvgIpc) is 2.10. The molecule has 0 aliphatic rings. The minimum Gasteiger partial charge on any atom is -0.355 e. The van der Waals surface area contributed by atoms with Crippen LogP contribution in [0.3, 0.4) is 0 Å². The summed E-state index contributed by atoms with van der Waals surface area (Å²) >= 11 is 0. The number of carbonyl (C=O) groups excluding carboxylic acids is 1. The minimum atomic E-state index is -0.775. The van der Waals surface area contributed by atoms with E-state index in [1.807, 2.05) is 6.92 Å². The molecule has 1 amide bonds. The third-order valence-corrected chi connectivity index (χ3v) is 2.55. The molecule has 0 spiro atoms. The van der Waals surface area contributed by atoms with Gasteiger partial charge in [0.1, 0.15) is 0 Å². The van der Waals surface area contributed by atoms with Gasteiger partial charge in [0.15, 0.2) is 0 Å². The van der Waals surface area contributed by atoms with Crippen molar-refractivity contribution in [3.63, 3.8) is 0 Å². The van der Waals surface area contributed by atoms with Gasteiger partial charge in [-0.25, -0.2) is 0 Å². The van der Waals surface area contributed by atoms with Crippen molar-refractivity contribution in [1.82, 2.24) is 5.32 Å². The van der Waals surface area contributed by atoms with Crippen LogP contribution in [-0.4, -0.2) is 34.7 Å². The molecule has 3 N–H and O–H groups in total. The van der Waals surface area contributed by atoms with Crippen LogP contribution in [0.15, 0.2) is 0 Å². The fraction of sp³-hybridized carbons (Fsp3) is 0.875. The highest BCUT2D eigenvalue weighted by Gasteiger charge is 2.08. The normalized spacial score (nSPS) is 15.0. The maximum Gasteiger partial charge on any atom is 0.236 e. The summed E-state index contributed by atoms with van der Waals surface area (Å²) in [5, 5.41) is 2.69. The van der Waals surface area contributed by atoms with Crippen molar-refractivity contribution in [3.05, 3.63) is 0 Å². The first-order valence-electron chi connectivity index (χ1n) is 4.41. The first-order chi connectivity index (χ1) is 6.07. The van der Waals surface area contributed by atoms with Gasteiger partial charge in [0.25, 0.3) is 0 Å². The molecule has 0 aromatic rings. The second-order valence-electron chi connectivity index (χ2n) is 2.94. The Bertz CT molecular complexity index is 185. The molecule has 4 nitrogen and oxygen atoms in total. The number of nitrogens with two attached hydrogens (primary N) is 1. The van der Waals surface area contributed by atoms with Gasteiger partial charge in [-0.15, -0.1) is 0 Å². The van der Waals surface area contributed by atoms with Crippen molar-refractivity contribution in [1.29, 1.82) is 0 Å². The number of carbonyl (C=O) groups is 1. The van der Waals surface area contributed by atoms with Crippen molar-refractivity contribution in [3.8, 4) is 0 Å². The summed E-state index contributed by atoms with van der Waals surface area (Å²) in [5.74, 6) is 0.506. The Morgan fingerprint density at radius 1 is 1.62 bits per heavy atom. The summed E-state index contributed by atoms with van der Waals surface area (Å²) in [5.41, 5.74) is 5.49. The van der Waals surface area contributed by atoms with Crippen LogP contribution in [0.25, 0.3) is 0 Å². The summed E-state index contributed by atoms with van der Waals surface area (Å²) in [7, 11) is -0.775. The molecule has 0 aliphatic carbocycles. The number of rotatable bonds is 6. The highest BCUT2D eigenvalue weighted by molar-refractivity contribution is 7.84. The van der Waals surface area contributed by atoms with E-state index in [0.29, 0.717) is 18.7 Å². The van der Waals surface area contributed by atoms with Crippen molar-refractivity contribution in [2.24, 2.45) is 5.73 Å². The third kappa shape index (κ3) is 6.72. The zero-order chi connectivity index (χ0) is 10.3. The highest BCUT2D eigenvalue weighted by Crippen LogP contribution is 1.86. The van der Waals surface area contributed by atoms with Crippen LogP contribution in [0, 0.1) is 0 Å².